The number of allylic oxidation sites excluding steroid dienone is 2. The third kappa shape index (κ3) is 4.83. The molecule has 0 amide bonds. The Kier molecular flexibility index (Phi) is 3.46. The highest BCUT2D eigenvalue weighted by atomic mass is 16.1. The quantitative estimate of drug-likeness (QED) is 0.508. The van der Waals surface area contributed by atoms with E-state index in [4.69, 9.17) is 6.42 Å². The SMILES string of the molecule is C#C/C(C)=C/CC(C)=O. The first-order chi connectivity index (χ1) is 4.16. The lowest BCUT2D eigenvalue weighted by atomic mass is 10.2. The first kappa shape index (κ1) is 7.97. The van der Waals surface area contributed by atoms with Gasteiger partial charge in [-0.1, -0.05) is 12.0 Å². The molecule has 0 aliphatic heterocycles. The Hall–Kier alpha value is -1.03. The van der Waals surface area contributed by atoms with Crippen LogP contribution < -0.4 is 0 Å². The maximum absolute atomic E-state index is 10.4. The van der Waals surface area contributed by atoms with Gasteiger partial charge in [0.2, 0.25) is 0 Å². The van der Waals surface area contributed by atoms with E-state index in [2.05, 4.69) is 5.92 Å². The van der Waals surface area contributed by atoms with Crippen LogP contribution in [0.3, 0.4) is 0 Å². The van der Waals surface area contributed by atoms with Crippen LogP contribution in [0.5, 0.6) is 0 Å². The molecule has 0 aliphatic rings. The molecule has 0 aromatic rings. The highest BCUT2D eigenvalue weighted by Crippen LogP contribution is 1.92. The number of ketones is 1. The zero-order valence-electron chi connectivity index (χ0n) is 5.77. The molecule has 0 rings (SSSR count). The fraction of sp³-hybridized carbons (Fsp3) is 0.375. The highest BCUT2D eigenvalue weighted by molar-refractivity contribution is 5.77. The molecule has 0 aromatic carbocycles. The summed E-state index contributed by atoms with van der Waals surface area (Å²) in [4.78, 5) is 10.4. The number of carbonyl (C=O) groups is 1. The topological polar surface area (TPSA) is 17.1 Å². The van der Waals surface area contributed by atoms with E-state index in [1.807, 2.05) is 6.92 Å². The Morgan fingerprint density at radius 1 is 1.67 bits per heavy atom. The molecule has 0 unspecified atom stereocenters. The van der Waals surface area contributed by atoms with Crippen LogP contribution in [0, 0.1) is 12.3 Å². The second kappa shape index (κ2) is 3.91. The van der Waals surface area contributed by atoms with Crippen molar-refractivity contribution in [1.29, 1.82) is 0 Å². The van der Waals surface area contributed by atoms with Crippen LogP contribution >= 0.6 is 0 Å². The number of hydrogen-bond donors (Lipinski definition) is 0. The van der Waals surface area contributed by atoms with Crippen LogP contribution in [0.1, 0.15) is 20.3 Å². The van der Waals surface area contributed by atoms with Gasteiger partial charge in [0.05, 0.1) is 0 Å². The number of hydrogen-bond acceptors (Lipinski definition) is 1. The van der Waals surface area contributed by atoms with E-state index in [0.717, 1.165) is 5.57 Å². The van der Waals surface area contributed by atoms with E-state index < -0.39 is 0 Å². The van der Waals surface area contributed by atoms with Crippen LogP contribution in [0.2, 0.25) is 0 Å². The van der Waals surface area contributed by atoms with Crippen molar-refractivity contribution in [2.75, 3.05) is 0 Å². The summed E-state index contributed by atoms with van der Waals surface area (Å²) in [5, 5.41) is 0. The van der Waals surface area contributed by atoms with Gasteiger partial charge in [0.15, 0.2) is 0 Å². The Balaban J connectivity index is 3.74. The van der Waals surface area contributed by atoms with E-state index in [-0.39, 0.29) is 5.78 Å². The number of rotatable bonds is 2. The first-order valence-corrected chi connectivity index (χ1v) is 2.79. The van der Waals surface area contributed by atoms with Crippen molar-refractivity contribution in [3.63, 3.8) is 0 Å². The van der Waals surface area contributed by atoms with Gasteiger partial charge in [-0.3, -0.25) is 4.79 Å². The minimum atomic E-state index is 0.143. The van der Waals surface area contributed by atoms with Crippen LogP contribution in [-0.2, 0) is 4.79 Å². The summed E-state index contributed by atoms with van der Waals surface area (Å²) in [5.74, 6) is 2.57. The molecule has 9 heavy (non-hydrogen) atoms. The molecule has 0 spiro atoms. The van der Waals surface area contributed by atoms with E-state index in [1.165, 1.54) is 0 Å². The summed E-state index contributed by atoms with van der Waals surface area (Å²) in [6.45, 7) is 3.35. The van der Waals surface area contributed by atoms with Crippen molar-refractivity contribution < 1.29 is 4.79 Å². The number of terminal acetylenes is 1. The van der Waals surface area contributed by atoms with E-state index in [1.54, 1.807) is 13.0 Å². The zero-order valence-corrected chi connectivity index (χ0v) is 5.77. The van der Waals surface area contributed by atoms with Gasteiger partial charge in [-0.05, 0) is 19.4 Å². The molecule has 0 fully saturated rings. The molecule has 0 saturated heterocycles. The van der Waals surface area contributed by atoms with Crippen molar-refractivity contribution in [1.82, 2.24) is 0 Å². The predicted octanol–water partition coefficient (Wildman–Crippen LogP) is 1.54. The second-order valence-corrected chi connectivity index (χ2v) is 1.94. The van der Waals surface area contributed by atoms with Crippen molar-refractivity contribution in [2.24, 2.45) is 0 Å². The van der Waals surface area contributed by atoms with Crippen molar-refractivity contribution in [3.05, 3.63) is 11.6 Å². The molecule has 0 saturated carbocycles. The molecule has 48 valence electrons. The van der Waals surface area contributed by atoms with Gasteiger partial charge >= 0.3 is 0 Å². The van der Waals surface area contributed by atoms with Crippen molar-refractivity contribution >= 4 is 5.78 Å². The molecule has 0 heterocycles. The van der Waals surface area contributed by atoms with Gasteiger partial charge in [-0.15, -0.1) is 6.42 Å². The molecular formula is C8H10O. The fourth-order valence-corrected chi connectivity index (χ4v) is 0.356. The lowest BCUT2D eigenvalue weighted by Gasteiger charge is -1.85. The van der Waals surface area contributed by atoms with Crippen molar-refractivity contribution in [3.8, 4) is 12.3 Å². The zero-order chi connectivity index (χ0) is 7.28. The van der Waals surface area contributed by atoms with Crippen LogP contribution in [0.25, 0.3) is 0 Å². The molecule has 0 aliphatic carbocycles. The van der Waals surface area contributed by atoms with Gasteiger partial charge in [-0.25, -0.2) is 0 Å². The summed E-state index contributed by atoms with van der Waals surface area (Å²) in [6, 6.07) is 0. The lowest BCUT2D eigenvalue weighted by Crippen LogP contribution is -1.85. The smallest absolute Gasteiger partial charge is 0.133 e. The van der Waals surface area contributed by atoms with Crippen LogP contribution in [0.15, 0.2) is 11.6 Å². The third-order valence-corrected chi connectivity index (χ3v) is 0.923. The lowest BCUT2D eigenvalue weighted by molar-refractivity contribution is -0.116. The van der Waals surface area contributed by atoms with Crippen molar-refractivity contribution in [2.45, 2.75) is 20.3 Å². The molecule has 0 atom stereocenters. The predicted molar refractivity (Wildman–Crippen MR) is 37.9 cm³/mol. The molecule has 0 N–H and O–H groups in total. The summed E-state index contributed by atoms with van der Waals surface area (Å²) in [7, 11) is 0. The monoisotopic (exact) mass is 122 g/mol. The summed E-state index contributed by atoms with van der Waals surface area (Å²) >= 11 is 0. The third-order valence-electron chi connectivity index (χ3n) is 0.923. The first-order valence-electron chi connectivity index (χ1n) is 2.79. The van der Waals surface area contributed by atoms with Gasteiger partial charge < -0.3 is 0 Å². The average molecular weight is 122 g/mol. The van der Waals surface area contributed by atoms with E-state index in [0.29, 0.717) is 6.42 Å². The molecule has 0 radical (unpaired) electrons. The molecule has 0 bridgehead atoms. The Bertz CT molecular complexity index is 169. The number of Topliss-reactive ketones (excluding diaryl/α,β-unsaturated/α-hetero) is 1. The molecule has 0 aromatic heterocycles. The standard InChI is InChI=1S/C8H10O/c1-4-7(2)5-6-8(3)9/h1,5H,6H2,2-3H3/b7-5+. The average Bonchev–Trinajstić information content (AvgIpc) is 1.83. The minimum absolute atomic E-state index is 0.143. The molecular weight excluding hydrogens is 112 g/mol. The largest absolute Gasteiger partial charge is 0.300 e. The maximum atomic E-state index is 10.4. The Labute approximate surface area is 55.8 Å². The van der Waals surface area contributed by atoms with Gasteiger partial charge in [0.25, 0.3) is 0 Å². The van der Waals surface area contributed by atoms with Gasteiger partial charge in [0.1, 0.15) is 5.78 Å². The highest BCUT2D eigenvalue weighted by Gasteiger charge is 1.86. The summed E-state index contributed by atoms with van der Waals surface area (Å²) in [5.41, 5.74) is 0.824. The normalized spacial score (nSPS) is 10.6. The minimum Gasteiger partial charge on any atom is -0.300 e. The number of carbonyl (C=O) groups excluding carboxylic acids is 1. The van der Waals surface area contributed by atoms with E-state index >= 15 is 0 Å². The summed E-state index contributed by atoms with van der Waals surface area (Å²) < 4.78 is 0. The molecule has 1 nitrogen and oxygen atoms in total. The maximum Gasteiger partial charge on any atom is 0.133 e. The van der Waals surface area contributed by atoms with Crippen LogP contribution in [-0.4, -0.2) is 5.78 Å². The van der Waals surface area contributed by atoms with Gasteiger partial charge in [-0.2, -0.15) is 0 Å². The van der Waals surface area contributed by atoms with E-state index in [9.17, 15) is 4.79 Å². The Morgan fingerprint density at radius 3 is 2.56 bits per heavy atom. The van der Waals surface area contributed by atoms with Crippen LogP contribution in [0.4, 0.5) is 0 Å². The second-order valence-electron chi connectivity index (χ2n) is 1.94. The van der Waals surface area contributed by atoms with Gasteiger partial charge in [0, 0.05) is 6.42 Å². The Morgan fingerprint density at radius 2 is 2.22 bits per heavy atom. The fourth-order valence-electron chi connectivity index (χ4n) is 0.356. The summed E-state index contributed by atoms with van der Waals surface area (Å²) in [6.07, 6.45) is 7.24. The molecule has 1 heteroatoms.